The Balaban J connectivity index is 1.24. The summed E-state index contributed by atoms with van der Waals surface area (Å²) in [7, 11) is 0. The van der Waals surface area contributed by atoms with Crippen molar-refractivity contribution in [3.8, 4) is 16.6 Å². The molecule has 3 atom stereocenters. The molecular weight excluding hydrogens is 456 g/mol. The van der Waals surface area contributed by atoms with Crippen molar-refractivity contribution in [2.24, 2.45) is 0 Å². The molecule has 3 aromatic rings. The number of piperidine rings is 1. The normalized spacial score (nSPS) is 21.7. The van der Waals surface area contributed by atoms with Crippen molar-refractivity contribution in [3.05, 3.63) is 40.0 Å². The number of thiazole rings is 2. The lowest BCUT2D eigenvalue weighted by atomic mass is 9.98. The number of rotatable bonds is 6. The standard InChI is InChI=1S/C23H24N6O2S2/c1-13-21(33-14(2)26-13)19-12-32-23(27-19)28-20-6-3-15(11-25-20)22(30)29-16-4-5-17(29)10-18(9-16)31-8-7-24/h3,6,11-12,16-18H,4-5,8-10H2,1-2H3,(H,25,27,28)/t16-,17+,18+. The average molecular weight is 481 g/mol. The monoisotopic (exact) mass is 480 g/mol. The van der Waals surface area contributed by atoms with Crippen molar-refractivity contribution in [2.45, 2.75) is 57.7 Å². The number of aryl methyl sites for hydroxylation is 2. The summed E-state index contributed by atoms with van der Waals surface area (Å²) in [5.41, 5.74) is 2.49. The topological polar surface area (TPSA) is 104 Å². The third-order valence-corrected chi connectivity index (χ3v) is 8.05. The Morgan fingerprint density at radius 2 is 2.06 bits per heavy atom. The summed E-state index contributed by atoms with van der Waals surface area (Å²) >= 11 is 3.15. The molecule has 0 radical (unpaired) electrons. The summed E-state index contributed by atoms with van der Waals surface area (Å²) in [6, 6.07) is 6.02. The number of nitrogens with zero attached hydrogens (tertiary/aromatic N) is 5. The van der Waals surface area contributed by atoms with E-state index in [0.29, 0.717) is 11.4 Å². The van der Waals surface area contributed by atoms with Gasteiger partial charge in [-0.2, -0.15) is 5.26 Å². The Morgan fingerprint density at radius 1 is 1.27 bits per heavy atom. The summed E-state index contributed by atoms with van der Waals surface area (Å²) < 4.78 is 5.63. The van der Waals surface area contributed by atoms with Gasteiger partial charge in [0.1, 0.15) is 12.4 Å². The highest BCUT2D eigenvalue weighted by Crippen LogP contribution is 2.38. The first-order valence-corrected chi connectivity index (χ1v) is 12.7. The first kappa shape index (κ1) is 21.9. The van der Waals surface area contributed by atoms with Crippen molar-refractivity contribution in [1.82, 2.24) is 19.9 Å². The zero-order valence-electron chi connectivity index (χ0n) is 18.4. The second kappa shape index (κ2) is 9.17. The van der Waals surface area contributed by atoms with Gasteiger partial charge in [-0.3, -0.25) is 4.79 Å². The molecule has 2 aliphatic rings. The molecular formula is C23H24N6O2S2. The second-order valence-corrected chi connectivity index (χ2v) is 10.5. The minimum Gasteiger partial charge on any atom is -0.363 e. The van der Waals surface area contributed by atoms with Crippen LogP contribution in [0.1, 0.15) is 46.7 Å². The lowest BCUT2D eigenvalue weighted by Crippen LogP contribution is -2.48. The Labute approximate surface area is 200 Å². The number of fused-ring (bicyclic) bond motifs is 2. The van der Waals surface area contributed by atoms with Gasteiger partial charge in [-0.15, -0.1) is 22.7 Å². The molecule has 170 valence electrons. The number of carbonyl (C=O) groups is 1. The summed E-state index contributed by atoms with van der Waals surface area (Å²) in [4.78, 5) is 29.9. The fraction of sp³-hybridized carbons (Fsp3) is 0.435. The molecule has 0 aliphatic carbocycles. The number of nitrogens with one attached hydrogen (secondary N) is 1. The van der Waals surface area contributed by atoms with Gasteiger partial charge in [-0.1, -0.05) is 0 Å². The summed E-state index contributed by atoms with van der Waals surface area (Å²) in [5.74, 6) is 0.670. The number of nitriles is 1. The highest BCUT2D eigenvalue weighted by atomic mass is 32.1. The van der Waals surface area contributed by atoms with Gasteiger partial charge < -0.3 is 15.0 Å². The minimum atomic E-state index is 0.0212. The van der Waals surface area contributed by atoms with Crippen molar-refractivity contribution in [1.29, 1.82) is 5.26 Å². The fourth-order valence-electron chi connectivity index (χ4n) is 4.81. The maximum Gasteiger partial charge on any atom is 0.255 e. The van der Waals surface area contributed by atoms with Gasteiger partial charge in [0.15, 0.2) is 5.13 Å². The van der Waals surface area contributed by atoms with Crippen molar-refractivity contribution < 1.29 is 9.53 Å². The maximum atomic E-state index is 13.2. The van der Waals surface area contributed by atoms with Gasteiger partial charge >= 0.3 is 0 Å². The molecule has 33 heavy (non-hydrogen) atoms. The van der Waals surface area contributed by atoms with Crippen LogP contribution in [0.5, 0.6) is 0 Å². The Bertz CT molecular complexity index is 1180. The van der Waals surface area contributed by atoms with Gasteiger partial charge in [0.25, 0.3) is 5.91 Å². The SMILES string of the molecule is Cc1nc(C)c(-c2csc(Nc3ccc(C(=O)N4[C@@H]5CC[C@H]4C[C@@H](OCC#N)C5)cn3)n2)s1. The van der Waals surface area contributed by atoms with Crippen LogP contribution >= 0.6 is 22.7 Å². The summed E-state index contributed by atoms with van der Waals surface area (Å²) in [5, 5.41) is 15.8. The van der Waals surface area contributed by atoms with E-state index in [4.69, 9.17) is 10.00 Å². The first-order valence-electron chi connectivity index (χ1n) is 11.0. The molecule has 1 N–H and O–H groups in total. The van der Waals surface area contributed by atoms with E-state index in [0.717, 1.165) is 52.1 Å². The molecule has 5 rings (SSSR count). The number of ether oxygens (including phenoxy) is 1. The number of pyridine rings is 1. The zero-order chi connectivity index (χ0) is 22.9. The fourth-order valence-corrected chi connectivity index (χ4v) is 6.47. The van der Waals surface area contributed by atoms with E-state index in [9.17, 15) is 4.79 Å². The predicted octanol–water partition coefficient (Wildman–Crippen LogP) is 4.70. The van der Waals surface area contributed by atoms with Gasteiger partial charge in [-0.25, -0.2) is 15.0 Å². The van der Waals surface area contributed by atoms with Crippen molar-refractivity contribution >= 4 is 39.5 Å². The highest BCUT2D eigenvalue weighted by molar-refractivity contribution is 7.16. The lowest BCUT2D eigenvalue weighted by Gasteiger charge is -2.38. The van der Waals surface area contributed by atoms with Crippen LogP contribution in [0, 0.1) is 25.2 Å². The third kappa shape index (κ3) is 4.49. The van der Waals surface area contributed by atoms with E-state index in [1.165, 1.54) is 11.3 Å². The van der Waals surface area contributed by atoms with Crippen LogP contribution in [0.2, 0.25) is 0 Å². The summed E-state index contributed by atoms with van der Waals surface area (Å²) in [6.45, 7) is 4.10. The van der Waals surface area contributed by atoms with Crippen LogP contribution in [0.25, 0.3) is 10.6 Å². The van der Waals surface area contributed by atoms with Gasteiger partial charge in [0.2, 0.25) is 0 Å². The van der Waals surface area contributed by atoms with E-state index >= 15 is 0 Å². The number of carbonyl (C=O) groups excluding carboxylic acids is 1. The average Bonchev–Trinajstić information content (AvgIpc) is 3.47. The number of aromatic nitrogens is 3. The van der Waals surface area contributed by atoms with Crippen molar-refractivity contribution in [3.63, 3.8) is 0 Å². The van der Waals surface area contributed by atoms with Crippen LogP contribution in [0.15, 0.2) is 23.7 Å². The quantitative estimate of drug-likeness (QED) is 0.545. The van der Waals surface area contributed by atoms with Crippen molar-refractivity contribution in [2.75, 3.05) is 11.9 Å². The molecule has 1 amide bonds. The minimum absolute atomic E-state index is 0.0212. The van der Waals surface area contributed by atoms with E-state index in [-0.39, 0.29) is 30.7 Å². The van der Waals surface area contributed by atoms with Crippen LogP contribution in [-0.2, 0) is 4.74 Å². The van der Waals surface area contributed by atoms with Gasteiger partial charge in [-0.05, 0) is 51.7 Å². The number of amides is 1. The van der Waals surface area contributed by atoms with E-state index in [1.807, 2.05) is 42.3 Å². The van der Waals surface area contributed by atoms with E-state index < -0.39 is 0 Å². The predicted molar refractivity (Wildman–Crippen MR) is 128 cm³/mol. The molecule has 0 saturated carbocycles. The molecule has 2 saturated heterocycles. The number of anilines is 2. The molecule has 5 heterocycles. The van der Waals surface area contributed by atoms with E-state index in [1.54, 1.807) is 17.5 Å². The smallest absolute Gasteiger partial charge is 0.255 e. The molecule has 2 bridgehead atoms. The Hall–Kier alpha value is -2.87. The molecule has 3 aromatic heterocycles. The van der Waals surface area contributed by atoms with Crippen LogP contribution in [0.3, 0.4) is 0 Å². The molecule has 10 heteroatoms. The Morgan fingerprint density at radius 3 is 2.70 bits per heavy atom. The maximum absolute atomic E-state index is 13.2. The lowest BCUT2D eigenvalue weighted by molar-refractivity contribution is -0.00273. The van der Waals surface area contributed by atoms with Crippen LogP contribution in [-0.4, -0.2) is 50.6 Å². The molecule has 0 unspecified atom stereocenters. The van der Waals surface area contributed by atoms with Crippen LogP contribution in [0.4, 0.5) is 10.9 Å². The summed E-state index contributed by atoms with van der Waals surface area (Å²) in [6.07, 6.45) is 5.26. The largest absolute Gasteiger partial charge is 0.363 e. The van der Waals surface area contributed by atoms with E-state index in [2.05, 4.69) is 20.3 Å². The highest BCUT2D eigenvalue weighted by Gasteiger charge is 2.43. The third-order valence-electron chi connectivity index (χ3n) is 6.19. The van der Waals surface area contributed by atoms with Crippen LogP contribution < -0.4 is 5.32 Å². The number of hydrogen-bond acceptors (Lipinski definition) is 9. The number of hydrogen-bond donors (Lipinski definition) is 1. The Kier molecular flexibility index (Phi) is 6.10. The van der Waals surface area contributed by atoms with Gasteiger partial charge in [0, 0.05) is 23.7 Å². The molecule has 2 fully saturated rings. The molecule has 0 aromatic carbocycles. The first-order chi connectivity index (χ1) is 16.0. The van der Waals surface area contributed by atoms with Gasteiger partial charge in [0.05, 0.1) is 39.0 Å². The molecule has 8 nitrogen and oxygen atoms in total. The zero-order valence-corrected chi connectivity index (χ0v) is 20.1. The second-order valence-electron chi connectivity index (χ2n) is 8.40. The molecule has 0 spiro atoms. The molecule has 2 aliphatic heterocycles.